The van der Waals surface area contributed by atoms with Gasteiger partial charge < -0.3 is 10.6 Å². The number of nitrogens with zero attached hydrogens (tertiary/aromatic N) is 3. The van der Waals surface area contributed by atoms with E-state index in [4.69, 9.17) is 11.6 Å². The van der Waals surface area contributed by atoms with Crippen LogP contribution in [0.25, 0.3) is 0 Å². The smallest absolute Gasteiger partial charge is 0.257 e. The van der Waals surface area contributed by atoms with Crippen molar-refractivity contribution in [3.63, 3.8) is 0 Å². The van der Waals surface area contributed by atoms with Gasteiger partial charge in [-0.05, 0) is 12.5 Å². The molecule has 1 amide bonds. The summed E-state index contributed by atoms with van der Waals surface area (Å²) < 4.78 is 1.61. The lowest BCUT2D eigenvalue weighted by Gasteiger charge is -2.08. The van der Waals surface area contributed by atoms with Crippen LogP contribution in [0.15, 0.2) is 24.7 Å². The summed E-state index contributed by atoms with van der Waals surface area (Å²) in [5.41, 5.74) is 0.998. The highest BCUT2D eigenvalue weighted by Crippen LogP contribution is 2.19. The molecular formula is C13H16ClN5O. The van der Waals surface area contributed by atoms with E-state index in [-0.39, 0.29) is 5.91 Å². The fourth-order valence-electron chi connectivity index (χ4n) is 1.65. The molecule has 2 N–H and O–H groups in total. The van der Waals surface area contributed by atoms with Crippen molar-refractivity contribution >= 4 is 29.0 Å². The molecule has 0 atom stereocenters. The lowest BCUT2D eigenvalue weighted by atomic mass is 10.2. The van der Waals surface area contributed by atoms with Crippen molar-refractivity contribution in [2.24, 2.45) is 7.05 Å². The number of pyridine rings is 1. The molecule has 0 bridgehead atoms. The topological polar surface area (TPSA) is 71.8 Å². The number of rotatable bonds is 5. The Balaban J connectivity index is 2.15. The van der Waals surface area contributed by atoms with E-state index in [9.17, 15) is 4.79 Å². The quantitative estimate of drug-likeness (QED) is 0.888. The number of amides is 1. The van der Waals surface area contributed by atoms with Crippen molar-refractivity contribution in [1.82, 2.24) is 14.8 Å². The standard InChI is InChI=1S/C13H16ClN5O/c1-3-4-15-12-5-10(11(14)7-16-12)13(20)18-9-6-17-19(2)8-9/h5-8H,3-4H2,1-2H3,(H,15,16)(H,18,20). The van der Waals surface area contributed by atoms with Gasteiger partial charge >= 0.3 is 0 Å². The van der Waals surface area contributed by atoms with E-state index < -0.39 is 0 Å². The van der Waals surface area contributed by atoms with E-state index in [1.54, 1.807) is 30.2 Å². The van der Waals surface area contributed by atoms with E-state index >= 15 is 0 Å². The summed E-state index contributed by atoms with van der Waals surface area (Å²) in [5.74, 6) is 0.345. The fourth-order valence-corrected chi connectivity index (χ4v) is 1.84. The summed E-state index contributed by atoms with van der Waals surface area (Å²) >= 11 is 6.02. The molecule has 6 nitrogen and oxygen atoms in total. The minimum absolute atomic E-state index is 0.287. The summed E-state index contributed by atoms with van der Waals surface area (Å²) in [5, 5.41) is 10.2. The summed E-state index contributed by atoms with van der Waals surface area (Å²) in [6, 6.07) is 1.64. The van der Waals surface area contributed by atoms with Gasteiger partial charge in [-0.25, -0.2) is 4.98 Å². The number of nitrogens with one attached hydrogen (secondary N) is 2. The molecular weight excluding hydrogens is 278 g/mol. The van der Waals surface area contributed by atoms with Crippen LogP contribution in [0.4, 0.5) is 11.5 Å². The molecule has 106 valence electrons. The first kappa shape index (κ1) is 14.3. The van der Waals surface area contributed by atoms with Gasteiger partial charge in [0.2, 0.25) is 0 Å². The van der Waals surface area contributed by atoms with Crippen LogP contribution in [-0.4, -0.2) is 27.2 Å². The zero-order valence-electron chi connectivity index (χ0n) is 11.4. The first-order valence-electron chi connectivity index (χ1n) is 6.29. The number of hydrogen-bond acceptors (Lipinski definition) is 4. The average Bonchev–Trinajstić information content (AvgIpc) is 2.83. The van der Waals surface area contributed by atoms with Crippen LogP contribution in [0.2, 0.25) is 5.02 Å². The number of anilines is 2. The predicted molar refractivity (Wildman–Crippen MR) is 79.2 cm³/mol. The second-order valence-electron chi connectivity index (χ2n) is 4.33. The Morgan fingerprint density at radius 3 is 2.90 bits per heavy atom. The highest BCUT2D eigenvalue weighted by molar-refractivity contribution is 6.34. The molecule has 2 aromatic heterocycles. The Morgan fingerprint density at radius 1 is 1.45 bits per heavy atom. The van der Waals surface area contributed by atoms with Gasteiger partial charge in [-0.2, -0.15) is 5.10 Å². The van der Waals surface area contributed by atoms with Crippen molar-refractivity contribution in [1.29, 1.82) is 0 Å². The molecule has 2 heterocycles. The van der Waals surface area contributed by atoms with E-state index in [0.717, 1.165) is 13.0 Å². The molecule has 0 saturated carbocycles. The van der Waals surface area contributed by atoms with Crippen molar-refractivity contribution in [3.05, 3.63) is 35.2 Å². The Hall–Kier alpha value is -2.08. The third kappa shape index (κ3) is 3.48. The number of aromatic nitrogens is 3. The zero-order chi connectivity index (χ0) is 14.5. The third-order valence-corrected chi connectivity index (χ3v) is 2.92. The van der Waals surface area contributed by atoms with Gasteiger partial charge in [-0.3, -0.25) is 9.48 Å². The van der Waals surface area contributed by atoms with Gasteiger partial charge in [0.1, 0.15) is 5.82 Å². The molecule has 0 spiro atoms. The number of carbonyl (C=O) groups excluding carboxylic acids is 1. The monoisotopic (exact) mass is 293 g/mol. The summed E-state index contributed by atoms with van der Waals surface area (Å²) in [6.07, 6.45) is 5.73. The van der Waals surface area contributed by atoms with E-state index in [2.05, 4.69) is 27.6 Å². The van der Waals surface area contributed by atoms with Crippen LogP contribution in [-0.2, 0) is 7.05 Å². The number of halogens is 1. The van der Waals surface area contributed by atoms with Crippen molar-refractivity contribution in [2.75, 3.05) is 17.2 Å². The molecule has 0 fully saturated rings. The van der Waals surface area contributed by atoms with Crippen LogP contribution in [0.1, 0.15) is 23.7 Å². The Bertz CT molecular complexity index is 611. The molecule has 20 heavy (non-hydrogen) atoms. The Labute approximate surface area is 122 Å². The van der Waals surface area contributed by atoms with Crippen LogP contribution >= 0.6 is 11.6 Å². The average molecular weight is 294 g/mol. The van der Waals surface area contributed by atoms with Gasteiger partial charge in [0.15, 0.2) is 0 Å². The van der Waals surface area contributed by atoms with E-state index in [1.807, 2.05) is 0 Å². The number of aryl methyl sites for hydroxylation is 1. The molecule has 0 aliphatic rings. The third-order valence-electron chi connectivity index (χ3n) is 2.62. The maximum atomic E-state index is 12.2. The normalized spacial score (nSPS) is 10.3. The highest BCUT2D eigenvalue weighted by atomic mass is 35.5. The molecule has 0 aliphatic carbocycles. The minimum Gasteiger partial charge on any atom is -0.370 e. The molecule has 7 heteroatoms. The van der Waals surface area contributed by atoms with Crippen LogP contribution < -0.4 is 10.6 Å². The van der Waals surface area contributed by atoms with Crippen molar-refractivity contribution in [3.8, 4) is 0 Å². The Kier molecular flexibility index (Phi) is 4.57. The van der Waals surface area contributed by atoms with Gasteiger partial charge in [-0.15, -0.1) is 0 Å². The van der Waals surface area contributed by atoms with Crippen molar-refractivity contribution < 1.29 is 4.79 Å². The van der Waals surface area contributed by atoms with Gasteiger partial charge in [0.05, 0.1) is 22.5 Å². The molecule has 0 unspecified atom stereocenters. The van der Waals surface area contributed by atoms with Gasteiger partial charge in [-0.1, -0.05) is 18.5 Å². The molecule has 0 radical (unpaired) electrons. The zero-order valence-corrected chi connectivity index (χ0v) is 12.1. The Morgan fingerprint density at radius 2 is 2.25 bits per heavy atom. The van der Waals surface area contributed by atoms with E-state index in [1.165, 1.54) is 6.20 Å². The number of carbonyl (C=O) groups is 1. The summed E-state index contributed by atoms with van der Waals surface area (Å²) in [7, 11) is 1.78. The number of hydrogen-bond donors (Lipinski definition) is 2. The molecule has 0 aliphatic heterocycles. The molecule has 0 saturated heterocycles. The lowest BCUT2D eigenvalue weighted by Crippen LogP contribution is -2.13. The fraction of sp³-hybridized carbons (Fsp3) is 0.308. The van der Waals surface area contributed by atoms with Crippen LogP contribution in [0.3, 0.4) is 0 Å². The first-order valence-corrected chi connectivity index (χ1v) is 6.67. The van der Waals surface area contributed by atoms with Gasteiger partial charge in [0.25, 0.3) is 5.91 Å². The SMILES string of the molecule is CCCNc1cc(C(=O)Nc2cnn(C)c2)c(Cl)cn1. The second kappa shape index (κ2) is 6.38. The van der Waals surface area contributed by atoms with Gasteiger partial charge in [0, 0.05) is 26.0 Å². The van der Waals surface area contributed by atoms with E-state index in [0.29, 0.717) is 22.1 Å². The largest absolute Gasteiger partial charge is 0.370 e. The molecule has 0 aromatic carbocycles. The first-order chi connectivity index (χ1) is 9.60. The predicted octanol–water partition coefficient (Wildman–Crippen LogP) is 2.54. The minimum atomic E-state index is -0.287. The maximum absolute atomic E-state index is 12.2. The van der Waals surface area contributed by atoms with Crippen LogP contribution in [0, 0.1) is 0 Å². The molecule has 2 rings (SSSR count). The highest BCUT2D eigenvalue weighted by Gasteiger charge is 2.13. The second-order valence-corrected chi connectivity index (χ2v) is 4.74. The molecule has 2 aromatic rings. The van der Waals surface area contributed by atoms with Crippen LogP contribution in [0.5, 0.6) is 0 Å². The summed E-state index contributed by atoms with van der Waals surface area (Å²) in [4.78, 5) is 16.3. The summed E-state index contributed by atoms with van der Waals surface area (Å²) in [6.45, 7) is 2.84. The maximum Gasteiger partial charge on any atom is 0.257 e. The lowest BCUT2D eigenvalue weighted by molar-refractivity contribution is 0.102. The van der Waals surface area contributed by atoms with Crippen molar-refractivity contribution in [2.45, 2.75) is 13.3 Å².